The first-order chi connectivity index (χ1) is 9.65. The maximum absolute atomic E-state index is 11.8. The van der Waals surface area contributed by atoms with Crippen LogP contribution in [0.15, 0.2) is 30.3 Å². The minimum Gasteiger partial charge on any atom is -0.352 e. The van der Waals surface area contributed by atoms with Crippen molar-refractivity contribution in [3.8, 4) is 0 Å². The quantitative estimate of drug-likeness (QED) is 0.812. The van der Waals surface area contributed by atoms with E-state index in [0.717, 1.165) is 19.6 Å². The van der Waals surface area contributed by atoms with Crippen molar-refractivity contribution in [1.82, 2.24) is 15.1 Å². The van der Waals surface area contributed by atoms with Gasteiger partial charge in [-0.1, -0.05) is 30.3 Å². The number of hydrogen-bond donors (Lipinski definition) is 2. The van der Waals surface area contributed by atoms with Gasteiger partial charge < -0.3 is 16.0 Å². The lowest BCUT2D eigenvalue weighted by molar-refractivity contribution is -0.131. The van der Waals surface area contributed by atoms with Crippen LogP contribution in [0.4, 0.5) is 4.79 Å². The molecule has 1 aromatic rings. The number of benzene rings is 1. The number of primary amides is 1. The zero-order valence-corrected chi connectivity index (χ0v) is 11.4. The van der Waals surface area contributed by atoms with Gasteiger partial charge in [-0.15, -0.1) is 0 Å². The molecule has 20 heavy (non-hydrogen) atoms. The van der Waals surface area contributed by atoms with Gasteiger partial charge in [-0.25, -0.2) is 4.79 Å². The van der Waals surface area contributed by atoms with Crippen molar-refractivity contribution in [3.05, 3.63) is 35.9 Å². The van der Waals surface area contributed by atoms with Crippen molar-refractivity contribution in [2.24, 2.45) is 5.73 Å². The zero-order valence-electron chi connectivity index (χ0n) is 11.4. The molecule has 6 heteroatoms. The highest BCUT2D eigenvalue weighted by atomic mass is 16.2. The van der Waals surface area contributed by atoms with E-state index in [9.17, 15) is 9.59 Å². The Balaban J connectivity index is 1.75. The summed E-state index contributed by atoms with van der Waals surface area (Å²) in [5.74, 6) is -0.0804. The van der Waals surface area contributed by atoms with E-state index in [1.807, 2.05) is 18.2 Å². The van der Waals surface area contributed by atoms with E-state index in [1.54, 1.807) is 4.90 Å². The molecule has 108 valence electrons. The number of carbonyl (C=O) groups is 2. The van der Waals surface area contributed by atoms with Gasteiger partial charge >= 0.3 is 6.03 Å². The Kier molecular flexibility index (Phi) is 4.95. The topological polar surface area (TPSA) is 78.7 Å². The van der Waals surface area contributed by atoms with Crippen LogP contribution in [0.5, 0.6) is 0 Å². The maximum atomic E-state index is 11.8. The fourth-order valence-electron chi connectivity index (χ4n) is 2.27. The summed E-state index contributed by atoms with van der Waals surface area (Å²) in [4.78, 5) is 26.5. The molecule has 1 aromatic carbocycles. The molecule has 0 unspecified atom stereocenters. The number of nitrogens with two attached hydrogens (primary N) is 1. The van der Waals surface area contributed by atoms with E-state index in [1.165, 1.54) is 5.56 Å². The van der Waals surface area contributed by atoms with Gasteiger partial charge in [0.05, 0.1) is 6.54 Å². The highest BCUT2D eigenvalue weighted by Crippen LogP contribution is 2.08. The average Bonchev–Trinajstić information content (AvgIpc) is 2.46. The van der Waals surface area contributed by atoms with Gasteiger partial charge in [-0.2, -0.15) is 0 Å². The van der Waals surface area contributed by atoms with Crippen LogP contribution in [0, 0.1) is 0 Å². The smallest absolute Gasteiger partial charge is 0.312 e. The number of hydrogen-bond acceptors (Lipinski definition) is 3. The van der Waals surface area contributed by atoms with Gasteiger partial charge in [0.2, 0.25) is 5.91 Å². The number of urea groups is 1. The van der Waals surface area contributed by atoms with Gasteiger partial charge in [0.15, 0.2) is 0 Å². The summed E-state index contributed by atoms with van der Waals surface area (Å²) in [7, 11) is 0. The van der Waals surface area contributed by atoms with Crippen molar-refractivity contribution in [3.63, 3.8) is 0 Å². The highest BCUT2D eigenvalue weighted by Gasteiger charge is 2.20. The third kappa shape index (κ3) is 4.24. The maximum Gasteiger partial charge on any atom is 0.312 e. The lowest BCUT2D eigenvalue weighted by atomic mass is 10.2. The van der Waals surface area contributed by atoms with Gasteiger partial charge in [0.25, 0.3) is 0 Å². The average molecular weight is 276 g/mol. The Morgan fingerprint density at radius 1 is 1.10 bits per heavy atom. The van der Waals surface area contributed by atoms with Gasteiger partial charge in [-0.3, -0.25) is 9.69 Å². The molecule has 0 spiro atoms. The van der Waals surface area contributed by atoms with Crippen molar-refractivity contribution >= 4 is 11.9 Å². The number of piperazine rings is 1. The van der Waals surface area contributed by atoms with Crippen LogP contribution in [0.2, 0.25) is 0 Å². The first-order valence-corrected chi connectivity index (χ1v) is 6.72. The molecule has 1 aliphatic rings. The summed E-state index contributed by atoms with van der Waals surface area (Å²) in [6.45, 7) is 3.95. The fraction of sp³-hybridized carbons (Fsp3) is 0.429. The standard InChI is InChI=1S/C14H20N4O2/c15-14(20)16-10-13(19)18-8-6-17(7-9-18)11-12-4-2-1-3-5-12/h1-5H,6-11H2,(H3,15,16,20). The molecule has 0 bridgehead atoms. The van der Waals surface area contributed by atoms with Gasteiger partial charge in [0.1, 0.15) is 0 Å². The van der Waals surface area contributed by atoms with Crippen LogP contribution in [0.3, 0.4) is 0 Å². The van der Waals surface area contributed by atoms with Crippen molar-refractivity contribution in [1.29, 1.82) is 0 Å². The lowest BCUT2D eigenvalue weighted by Crippen LogP contribution is -2.51. The normalized spacial score (nSPS) is 15.9. The number of nitrogens with zero attached hydrogens (tertiary/aromatic N) is 2. The molecule has 6 nitrogen and oxygen atoms in total. The third-order valence-corrected chi connectivity index (χ3v) is 3.39. The summed E-state index contributed by atoms with van der Waals surface area (Å²) in [6, 6.07) is 9.62. The largest absolute Gasteiger partial charge is 0.352 e. The Morgan fingerprint density at radius 3 is 2.35 bits per heavy atom. The van der Waals surface area contributed by atoms with E-state index >= 15 is 0 Å². The highest BCUT2D eigenvalue weighted by molar-refractivity contribution is 5.83. The minimum absolute atomic E-state index is 0.0198. The predicted octanol–water partition coefficient (Wildman–Crippen LogP) is -0.000900. The van der Waals surface area contributed by atoms with Gasteiger partial charge in [0, 0.05) is 32.7 Å². The molecule has 1 aliphatic heterocycles. The number of nitrogens with one attached hydrogen (secondary N) is 1. The molecular formula is C14H20N4O2. The molecule has 1 fully saturated rings. The molecule has 0 aromatic heterocycles. The van der Waals surface area contributed by atoms with Crippen LogP contribution in [0.25, 0.3) is 0 Å². The van der Waals surface area contributed by atoms with E-state index in [0.29, 0.717) is 13.1 Å². The van der Waals surface area contributed by atoms with Crippen molar-refractivity contribution in [2.45, 2.75) is 6.54 Å². The molecule has 0 saturated carbocycles. The van der Waals surface area contributed by atoms with Crippen LogP contribution < -0.4 is 11.1 Å². The monoisotopic (exact) mass is 276 g/mol. The van der Waals surface area contributed by atoms with Gasteiger partial charge in [-0.05, 0) is 5.56 Å². The Hall–Kier alpha value is -2.08. The summed E-state index contributed by atoms with van der Waals surface area (Å²) >= 11 is 0. The second-order valence-electron chi connectivity index (χ2n) is 4.86. The summed E-state index contributed by atoms with van der Waals surface area (Å²) in [6.07, 6.45) is 0. The second kappa shape index (κ2) is 6.91. The number of rotatable bonds is 4. The molecule has 1 heterocycles. The summed E-state index contributed by atoms with van der Waals surface area (Å²) in [5.41, 5.74) is 6.23. The SMILES string of the molecule is NC(=O)NCC(=O)N1CCN(Cc2ccccc2)CC1. The Morgan fingerprint density at radius 2 is 1.75 bits per heavy atom. The number of amides is 3. The van der Waals surface area contributed by atoms with E-state index in [-0.39, 0.29) is 12.5 Å². The third-order valence-electron chi connectivity index (χ3n) is 3.39. The Labute approximate surface area is 118 Å². The molecular weight excluding hydrogens is 256 g/mol. The van der Waals surface area contributed by atoms with Crippen molar-refractivity contribution < 1.29 is 9.59 Å². The van der Waals surface area contributed by atoms with Crippen LogP contribution in [-0.4, -0.2) is 54.5 Å². The predicted molar refractivity (Wildman–Crippen MR) is 75.9 cm³/mol. The molecule has 0 aliphatic carbocycles. The molecule has 2 rings (SSSR count). The van der Waals surface area contributed by atoms with Crippen molar-refractivity contribution in [2.75, 3.05) is 32.7 Å². The van der Waals surface area contributed by atoms with Crippen LogP contribution in [0.1, 0.15) is 5.56 Å². The number of carbonyl (C=O) groups excluding carboxylic acids is 2. The second-order valence-corrected chi connectivity index (χ2v) is 4.86. The molecule has 0 atom stereocenters. The Bertz CT molecular complexity index is 456. The first kappa shape index (κ1) is 14.3. The fourth-order valence-corrected chi connectivity index (χ4v) is 2.27. The first-order valence-electron chi connectivity index (χ1n) is 6.72. The molecule has 0 radical (unpaired) electrons. The summed E-state index contributed by atoms with van der Waals surface area (Å²) < 4.78 is 0. The van der Waals surface area contributed by atoms with Crippen LogP contribution >= 0.6 is 0 Å². The van der Waals surface area contributed by atoms with E-state index in [2.05, 4.69) is 22.3 Å². The minimum atomic E-state index is -0.666. The lowest BCUT2D eigenvalue weighted by Gasteiger charge is -2.34. The molecule has 3 amide bonds. The zero-order chi connectivity index (χ0) is 14.4. The summed E-state index contributed by atoms with van der Waals surface area (Å²) in [5, 5.41) is 2.33. The van der Waals surface area contributed by atoms with Crippen LogP contribution in [-0.2, 0) is 11.3 Å². The van der Waals surface area contributed by atoms with E-state index in [4.69, 9.17) is 5.73 Å². The molecule has 3 N–H and O–H groups in total. The van der Waals surface area contributed by atoms with E-state index < -0.39 is 6.03 Å². The molecule has 1 saturated heterocycles.